The molecule has 1 amide bonds. The minimum atomic E-state index is -1.05. The van der Waals surface area contributed by atoms with Crippen LogP contribution in [0.2, 0.25) is 0 Å². The second-order valence-corrected chi connectivity index (χ2v) is 5.00. The van der Waals surface area contributed by atoms with Crippen molar-refractivity contribution in [2.45, 2.75) is 13.0 Å². The number of benzene rings is 1. The minimum absolute atomic E-state index is 0.276. The Hall–Kier alpha value is -2.20. The molecule has 0 spiro atoms. The SMILES string of the molecule is CC(=O)NC(CSCNc1ccc(C#N)cc1)C(=O)O. The molecule has 0 aliphatic rings. The van der Waals surface area contributed by atoms with Gasteiger partial charge in [-0.25, -0.2) is 4.79 Å². The summed E-state index contributed by atoms with van der Waals surface area (Å²) in [6, 6.07) is 8.10. The van der Waals surface area contributed by atoms with Gasteiger partial charge in [0.2, 0.25) is 5.91 Å². The van der Waals surface area contributed by atoms with Gasteiger partial charge in [-0.3, -0.25) is 4.79 Å². The molecule has 0 fully saturated rings. The predicted octanol–water partition coefficient (Wildman–Crippen LogP) is 1.25. The Morgan fingerprint density at radius 1 is 1.40 bits per heavy atom. The Balaban J connectivity index is 2.34. The van der Waals surface area contributed by atoms with Gasteiger partial charge < -0.3 is 15.7 Å². The fourth-order valence-electron chi connectivity index (χ4n) is 1.39. The van der Waals surface area contributed by atoms with Crippen molar-refractivity contribution in [3.05, 3.63) is 29.8 Å². The van der Waals surface area contributed by atoms with Crippen molar-refractivity contribution >= 4 is 29.3 Å². The van der Waals surface area contributed by atoms with Crippen LogP contribution in [0.15, 0.2) is 24.3 Å². The number of aliphatic carboxylic acids is 1. The fraction of sp³-hybridized carbons (Fsp3) is 0.308. The second-order valence-electron chi connectivity index (χ2n) is 3.97. The maximum atomic E-state index is 10.9. The average molecular weight is 293 g/mol. The molecule has 7 heteroatoms. The zero-order valence-electron chi connectivity index (χ0n) is 10.9. The number of carbonyl (C=O) groups is 2. The molecule has 0 radical (unpaired) electrons. The molecule has 0 heterocycles. The number of carboxylic acids is 1. The quantitative estimate of drug-likeness (QED) is 0.516. The number of hydrogen-bond donors (Lipinski definition) is 3. The molecule has 1 aromatic carbocycles. The van der Waals surface area contributed by atoms with Gasteiger partial charge in [-0.2, -0.15) is 5.26 Å². The zero-order chi connectivity index (χ0) is 15.0. The van der Waals surface area contributed by atoms with Gasteiger partial charge in [0, 0.05) is 18.4 Å². The van der Waals surface area contributed by atoms with Crippen LogP contribution in [0.4, 0.5) is 5.69 Å². The van der Waals surface area contributed by atoms with Crippen LogP contribution in [0.25, 0.3) is 0 Å². The van der Waals surface area contributed by atoms with Crippen molar-refractivity contribution in [1.29, 1.82) is 5.26 Å². The summed E-state index contributed by atoms with van der Waals surface area (Å²) in [6.45, 7) is 1.29. The lowest BCUT2D eigenvalue weighted by Gasteiger charge is -2.13. The van der Waals surface area contributed by atoms with Crippen molar-refractivity contribution in [1.82, 2.24) is 5.32 Å². The average Bonchev–Trinajstić information content (AvgIpc) is 2.42. The lowest BCUT2D eigenvalue weighted by Crippen LogP contribution is -2.41. The normalized spacial score (nSPS) is 11.2. The summed E-state index contributed by atoms with van der Waals surface area (Å²) in [5.74, 6) is -0.628. The summed E-state index contributed by atoms with van der Waals surface area (Å²) in [5.41, 5.74) is 1.43. The Bertz CT molecular complexity index is 511. The van der Waals surface area contributed by atoms with Crippen molar-refractivity contribution in [2.75, 3.05) is 16.9 Å². The molecule has 0 saturated carbocycles. The van der Waals surface area contributed by atoms with Gasteiger partial charge in [-0.15, -0.1) is 11.8 Å². The van der Waals surface area contributed by atoms with E-state index in [0.29, 0.717) is 11.4 Å². The summed E-state index contributed by atoms with van der Waals surface area (Å²) >= 11 is 1.36. The molecule has 1 aromatic rings. The molecular weight excluding hydrogens is 278 g/mol. The molecule has 1 rings (SSSR count). The van der Waals surface area contributed by atoms with E-state index < -0.39 is 12.0 Å². The molecule has 0 aromatic heterocycles. The van der Waals surface area contributed by atoms with Gasteiger partial charge in [0.1, 0.15) is 6.04 Å². The number of hydrogen-bond acceptors (Lipinski definition) is 5. The first kappa shape index (κ1) is 15.9. The van der Waals surface area contributed by atoms with Gasteiger partial charge in [0.15, 0.2) is 0 Å². The maximum absolute atomic E-state index is 10.9. The zero-order valence-corrected chi connectivity index (χ0v) is 11.7. The standard InChI is InChI=1S/C13H15N3O3S/c1-9(17)16-12(13(18)19)7-20-8-15-11-4-2-10(6-14)3-5-11/h2-5,12,15H,7-8H2,1H3,(H,16,17)(H,18,19). The highest BCUT2D eigenvalue weighted by molar-refractivity contribution is 7.99. The van der Waals surface area contributed by atoms with Gasteiger partial charge in [-0.1, -0.05) is 0 Å². The Morgan fingerprint density at radius 2 is 2.05 bits per heavy atom. The third-order valence-corrected chi connectivity index (χ3v) is 3.27. The number of nitrogens with zero attached hydrogens (tertiary/aromatic N) is 1. The van der Waals surface area contributed by atoms with Gasteiger partial charge >= 0.3 is 5.97 Å². The van der Waals surface area contributed by atoms with Gasteiger partial charge in [0.05, 0.1) is 17.5 Å². The number of amides is 1. The van der Waals surface area contributed by atoms with Crippen LogP contribution >= 0.6 is 11.8 Å². The Morgan fingerprint density at radius 3 is 2.55 bits per heavy atom. The monoisotopic (exact) mass is 293 g/mol. The molecule has 0 aliphatic heterocycles. The van der Waals surface area contributed by atoms with Crippen LogP contribution in [0.1, 0.15) is 12.5 Å². The summed E-state index contributed by atoms with van der Waals surface area (Å²) in [7, 11) is 0. The smallest absolute Gasteiger partial charge is 0.327 e. The Labute approximate surface area is 121 Å². The topological polar surface area (TPSA) is 102 Å². The summed E-state index contributed by atoms with van der Waals surface area (Å²) in [4.78, 5) is 21.7. The van der Waals surface area contributed by atoms with Crippen molar-refractivity contribution in [2.24, 2.45) is 0 Å². The third kappa shape index (κ3) is 5.63. The number of nitrogens with one attached hydrogen (secondary N) is 2. The van der Waals surface area contributed by atoms with Crippen LogP contribution in [0.3, 0.4) is 0 Å². The summed E-state index contributed by atoms with van der Waals surface area (Å²) < 4.78 is 0. The van der Waals surface area contributed by atoms with E-state index in [1.54, 1.807) is 24.3 Å². The lowest BCUT2D eigenvalue weighted by molar-refractivity contribution is -0.140. The molecule has 0 aliphatic carbocycles. The highest BCUT2D eigenvalue weighted by Crippen LogP contribution is 2.11. The van der Waals surface area contributed by atoms with E-state index in [-0.39, 0.29) is 11.7 Å². The molecule has 0 bridgehead atoms. The van der Waals surface area contributed by atoms with Crippen LogP contribution in [0, 0.1) is 11.3 Å². The first-order valence-corrected chi connectivity index (χ1v) is 7.00. The molecule has 1 unspecified atom stereocenters. The van der Waals surface area contributed by atoms with Crippen LogP contribution in [-0.4, -0.2) is 34.7 Å². The van der Waals surface area contributed by atoms with Crippen molar-refractivity contribution in [3.8, 4) is 6.07 Å². The second kappa shape index (κ2) is 8.07. The van der Waals surface area contributed by atoms with E-state index in [1.807, 2.05) is 6.07 Å². The number of thioether (sulfide) groups is 1. The van der Waals surface area contributed by atoms with E-state index in [9.17, 15) is 9.59 Å². The molecule has 1 atom stereocenters. The number of rotatable bonds is 7. The first-order valence-electron chi connectivity index (χ1n) is 5.84. The molecule has 3 N–H and O–H groups in total. The molecule has 6 nitrogen and oxygen atoms in total. The molecule has 0 saturated heterocycles. The number of anilines is 1. The van der Waals surface area contributed by atoms with E-state index in [2.05, 4.69) is 10.6 Å². The van der Waals surface area contributed by atoms with Crippen LogP contribution in [0.5, 0.6) is 0 Å². The first-order chi connectivity index (χ1) is 9.52. The number of carboxylic acid groups (broad SMARTS) is 1. The molecule has 106 valence electrons. The number of carbonyl (C=O) groups excluding carboxylic acids is 1. The highest BCUT2D eigenvalue weighted by atomic mass is 32.2. The maximum Gasteiger partial charge on any atom is 0.327 e. The molecule has 20 heavy (non-hydrogen) atoms. The third-order valence-electron chi connectivity index (χ3n) is 2.35. The fourth-order valence-corrected chi connectivity index (χ4v) is 2.24. The van der Waals surface area contributed by atoms with Gasteiger partial charge in [0.25, 0.3) is 0 Å². The molecular formula is C13H15N3O3S. The summed E-state index contributed by atoms with van der Waals surface area (Å²) in [5, 5.41) is 23.0. The van der Waals surface area contributed by atoms with Crippen molar-refractivity contribution < 1.29 is 14.7 Å². The van der Waals surface area contributed by atoms with E-state index in [1.165, 1.54) is 18.7 Å². The van der Waals surface area contributed by atoms with Gasteiger partial charge in [-0.05, 0) is 24.3 Å². The van der Waals surface area contributed by atoms with Crippen LogP contribution in [-0.2, 0) is 9.59 Å². The van der Waals surface area contributed by atoms with E-state index >= 15 is 0 Å². The minimum Gasteiger partial charge on any atom is -0.480 e. The lowest BCUT2D eigenvalue weighted by atomic mass is 10.2. The highest BCUT2D eigenvalue weighted by Gasteiger charge is 2.17. The van der Waals surface area contributed by atoms with Crippen molar-refractivity contribution in [3.63, 3.8) is 0 Å². The largest absolute Gasteiger partial charge is 0.480 e. The van der Waals surface area contributed by atoms with E-state index in [0.717, 1.165) is 5.69 Å². The Kier molecular flexibility index (Phi) is 6.40. The summed E-state index contributed by atoms with van der Waals surface area (Å²) in [6.07, 6.45) is 0. The predicted molar refractivity (Wildman–Crippen MR) is 77.3 cm³/mol. The number of nitriles is 1. The van der Waals surface area contributed by atoms with Crippen LogP contribution < -0.4 is 10.6 Å². The van der Waals surface area contributed by atoms with E-state index in [4.69, 9.17) is 10.4 Å².